The van der Waals surface area contributed by atoms with E-state index in [0.717, 1.165) is 24.2 Å². The van der Waals surface area contributed by atoms with E-state index in [4.69, 9.17) is 9.47 Å². The van der Waals surface area contributed by atoms with E-state index in [1.54, 1.807) is 15.6 Å². The summed E-state index contributed by atoms with van der Waals surface area (Å²) in [6.07, 6.45) is 4.49. The zero-order valence-corrected chi connectivity index (χ0v) is 16.0. The number of amides is 1. The van der Waals surface area contributed by atoms with Gasteiger partial charge in [-0.2, -0.15) is 4.98 Å². The maximum atomic E-state index is 12.9. The number of rotatable bonds is 4. The number of ether oxygens (including phenoxy) is 2. The molecule has 4 rings (SSSR count). The van der Waals surface area contributed by atoms with Crippen molar-refractivity contribution in [1.82, 2.24) is 34.4 Å². The summed E-state index contributed by atoms with van der Waals surface area (Å²) in [7, 11) is 1.51. The Hall–Kier alpha value is -3.30. The van der Waals surface area contributed by atoms with Crippen molar-refractivity contribution in [2.24, 2.45) is 0 Å². The minimum Gasteiger partial charge on any atom is -0.477 e. The number of aromatic nitrogens is 6. The molecule has 1 amide bonds. The number of carbonyl (C=O) groups is 1. The third-order valence-electron chi connectivity index (χ3n) is 4.58. The molecular formula is C18H21N7O3. The number of fused-ring (bicyclic) bond motifs is 1. The minimum absolute atomic E-state index is 0.138. The first-order valence-corrected chi connectivity index (χ1v) is 9.07. The van der Waals surface area contributed by atoms with Crippen LogP contribution in [0.25, 0.3) is 5.78 Å². The molecule has 10 nitrogen and oxygen atoms in total. The SMILES string of the molecule is COc1nccnc1OC1CCCN(C(=O)c2nc3nc(C)cc(C)n3n2)C1. The smallest absolute Gasteiger partial charge is 0.293 e. The van der Waals surface area contributed by atoms with Gasteiger partial charge < -0.3 is 14.4 Å². The van der Waals surface area contributed by atoms with E-state index in [1.165, 1.54) is 13.3 Å². The van der Waals surface area contributed by atoms with Crippen molar-refractivity contribution in [3.8, 4) is 11.8 Å². The molecule has 0 radical (unpaired) electrons. The first-order chi connectivity index (χ1) is 13.5. The Kier molecular flexibility index (Phi) is 4.76. The van der Waals surface area contributed by atoms with Crippen molar-refractivity contribution in [3.63, 3.8) is 0 Å². The summed E-state index contributed by atoms with van der Waals surface area (Å²) >= 11 is 0. The van der Waals surface area contributed by atoms with Crippen LogP contribution in [0.1, 0.15) is 34.8 Å². The van der Waals surface area contributed by atoms with Gasteiger partial charge in [-0.25, -0.2) is 19.5 Å². The van der Waals surface area contributed by atoms with Crippen molar-refractivity contribution in [3.05, 3.63) is 35.7 Å². The first kappa shape index (κ1) is 18.1. The Labute approximate surface area is 161 Å². The topological polar surface area (TPSA) is 108 Å². The molecule has 4 heterocycles. The Balaban J connectivity index is 1.51. The summed E-state index contributed by atoms with van der Waals surface area (Å²) < 4.78 is 12.7. The van der Waals surface area contributed by atoms with Gasteiger partial charge in [-0.3, -0.25) is 4.79 Å². The van der Waals surface area contributed by atoms with Gasteiger partial charge in [-0.15, -0.1) is 5.10 Å². The molecule has 0 aliphatic carbocycles. The Morgan fingerprint density at radius 1 is 1.18 bits per heavy atom. The molecule has 0 bridgehead atoms. The summed E-state index contributed by atoms with van der Waals surface area (Å²) in [4.78, 5) is 31.5. The highest BCUT2D eigenvalue weighted by atomic mass is 16.5. The molecule has 1 aliphatic rings. The number of piperidine rings is 1. The largest absolute Gasteiger partial charge is 0.477 e. The summed E-state index contributed by atoms with van der Waals surface area (Å²) in [5.74, 6) is 0.978. The van der Waals surface area contributed by atoms with Crippen molar-refractivity contribution in [2.45, 2.75) is 32.8 Å². The second kappa shape index (κ2) is 7.37. The average molecular weight is 383 g/mol. The molecule has 1 fully saturated rings. The maximum absolute atomic E-state index is 12.9. The molecule has 3 aromatic heterocycles. The molecular weight excluding hydrogens is 362 g/mol. The van der Waals surface area contributed by atoms with Crippen molar-refractivity contribution < 1.29 is 14.3 Å². The van der Waals surface area contributed by atoms with Gasteiger partial charge in [0.15, 0.2) is 0 Å². The standard InChI is InChI=1S/C18H21N7O3/c1-11-9-12(2)25-18(21-11)22-14(23-25)17(26)24-8-4-5-13(10-24)28-16-15(27-3)19-6-7-20-16/h6-7,9,13H,4-5,8,10H2,1-3H3. The summed E-state index contributed by atoms with van der Waals surface area (Å²) in [6, 6.07) is 1.90. The van der Waals surface area contributed by atoms with Gasteiger partial charge in [0.05, 0.1) is 13.7 Å². The average Bonchev–Trinajstić information content (AvgIpc) is 3.12. The van der Waals surface area contributed by atoms with Gasteiger partial charge in [0.25, 0.3) is 23.4 Å². The van der Waals surface area contributed by atoms with E-state index in [2.05, 4.69) is 25.0 Å². The zero-order valence-electron chi connectivity index (χ0n) is 16.0. The van der Waals surface area contributed by atoms with E-state index >= 15 is 0 Å². The van der Waals surface area contributed by atoms with Crippen LogP contribution in [0.15, 0.2) is 18.5 Å². The Morgan fingerprint density at radius 3 is 2.75 bits per heavy atom. The quantitative estimate of drug-likeness (QED) is 0.662. The summed E-state index contributed by atoms with van der Waals surface area (Å²) in [6.45, 7) is 4.83. The summed E-state index contributed by atoms with van der Waals surface area (Å²) in [5, 5.41) is 4.33. The Morgan fingerprint density at radius 2 is 1.96 bits per heavy atom. The lowest BCUT2D eigenvalue weighted by Gasteiger charge is -2.31. The van der Waals surface area contributed by atoms with Crippen molar-refractivity contribution >= 4 is 11.7 Å². The van der Waals surface area contributed by atoms with Gasteiger partial charge in [0.1, 0.15) is 6.10 Å². The third kappa shape index (κ3) is 3.45. The van der Waals surface area contributed by atoms with Gasteiger partial charge >= 0.3 is 0 Å². The minimum atomic E-state index is -0.234. The molecule has 1 atom stereocenters. The monoisotopic (exact) mass is 383 g/mol. The van der Waals surface area contributed by atoms with Gasteiger partial charge in [-0.05, 0) is 32.8 Å². The number of hydrogen-bond acceptors (Lipinski definition) is 8. The second-order valence-electron chi connectivity index (χ2n) is 6.69. The predicted molar refractivity (Wildman–Crippen MR) is 98.4 cm³/mol. The summed E-state index contributed by atoms with van der Waals surface area (Å²) in [5.41, 5.74) is 1.71. The molecule has 0 saturated carbocycles. The second-order valence-corrected chi connectivity index (χ2v) is 6.69. The lowest BCUT2D eigenvalue weighted by molar-refractivity contribution is 0.0509. The normalized spacial score (nSPS) is 17.0. The van der Waals surface area contributed by atoms with Crippen LogP contribution >= 0.6 is 0 Å². The van der Waals surface area contributed by atoms with Crippen molar-refractivity contribution in [2.75, 3.05) is 20.2 Å². The molecule has 1 aliphatic heterocycles. The fourth-order valence-electron chi connectivity index (χ4n) is 3.31. The highest BCUT2D eigenvalue weighted by Crippen LogP contribution is 2.24. The number of hydrogen-bond donors (Lipinski definition) is 0. The van der Waals surface area contributed by atoms with E-state index in [-0.39, 0.29) is 17.8 Å². The van der Waals surface area contributed by atoms with E-state index in [0.29, 0.717) is 30.6 Å². The molecule has 3 aromatic rings. The molecule has 28 heavy (non-hydrogen) atoms. The van der Waals surface area contributed by atoms with Crippen molar-refractivity contribution in [1.29, 1.82) is 0 Å². The molecule has 1 saturated heterocycles. The third-order valence-corrected chi connectivity index (χ3v) is 4.58. The van der Waals surface area contributed by atoms with Crippen LogP contribution in [0.2, 0.25) is 0 Å². The first-order valence-electron chi connectivity index (χ1n) is 9.07. The predicted octanol–water partition coefficient (Wildman–Crippen LogP) is 1.22. The Bertz CT molecular complexity index is 1020. The zero-order chi connectivity index (χ0) is 19.7. The number of carbonyl (C=O) groups excluding carboxylic acids is 1. The molecule has 1 unspecified atom stereocenters. The van der Waals surface area contributed by atoms with Crippen LogP contribution in [0.5, 0.6) is 11.8 Å². The molecule has 10 heteroatoms. The van der Waals surface area contributed by atoms with Crippen LogP contribution in [0, 0.1) is 13.8 Å². The lowest BCUT2D eigenvalue weighted by atomic mass is 10.1. The fourth-order valence-corrected chi connectivity index (χ4v) is 3.31. The van der Waals surface area contributed by atoms with E-state index < -0.39 is 0 Å². The number of nitrogens with zero attached hydrogens (tertiary/aromatic N) is 7. The van der Waals surface area contributed by atoms with Crippen LogP contribution in [-0.2, 0) is 0 Å². The highest BCUT2D eigenvalue weighted by molar-refractivity contribution is 5.91. The molecule has 0 N–H and O–H groups in total. The van der Waals surface area contributed by atoms with Crippen LogP contribution < -0.4 is 9.47 Å². The number of likely N-dealkylation sites (tertiary alicyclic amines) is 1. The van der Waals surface area contributed by atoms with Crippen LogP contribution in [0.4, 0.5) is 0 Å². The van der Waals surface area contributed by atoms with Gasteiger partial charge in [0.2, 0.25) is 5.82 Å². The maximum Gasteiger partial charge on any atom is 0.293 e. The van der Waals surface area contributed by atoms with E-state index in [1.807, 2.05) is 19.9 Å². The fraction of sp³-hybridized carbons (Fsp3) is 0.444. The van der Waals surface area contributed by atoms with Crippen LogP contribution in [0.3, 0.4) is 0 Å². The van der Waals surface area contributed by atoms with Crippen LogP contribution in [-0.4, -0.2) is 66.7 Å². The number of aryl methyl sites for hydroxylation is 2. The van der Waals surface area contributed by atoms with E-state index in [9.17, 15) is 4.79 Å². The lowest BCUT2D eigenvalue weighted by Crippen LogP contribution is -2.44. The molecule has 0 spiro atoms. The molecule has 0 aromatic carbocycles. The highest BCUT2D eigenvalue weighted by Gasteiger charge is 2.29. The molecule has 146 valence electrons. The van der Waals surface area contributed by atoms with Gasteiger partial charge in [0, 0.05) is 30.3 Å². The number of methoxy groups -OCH3 is 1. The van der Waals surface area contributed by atoms with Gasteiger partial charge in [-0.1, -0.05) is 0 Å².